The lowest BCUT2D eigenvalue weighted by molar-refractivity contribution is 0.120. The van der Waals surface area contributed by atoms with Gasteiger partial charge in [-0.3, -0.25) is 0 Å². The average Bonchev–Trinajstić information content (AvgIpc) is 1.93. The molecule has 1 rings (SSSR count). The highest BCUT2D eigenvalue weighted by atomic mass is 28.6. The molecule has 1 fully saturated rings. The quantitative estimate of drug-likeness (QED) is 0.586. The first-order valence-electron chi connectivity index (χ1n) is 4.85. The van der Waals surface area contributed by atoms with E-state index in [9.17, 15) is 12.3 Å². The van der Waals surface area contributed by atoms with Crippen molar-refractivity contribution in [1.82, 2.24) is 0 Å². The van der Waals surface area contributed by atoms with Gasteiger partial charge in [-0.1, -0.05) is 13.3 Å². The molecule has 0 N–H and O–H groups in total. The first-order chi connectivity index (χ1) is 6.68. The van der Waals surface area contributed by atoms with Crippen molar-refractivity contribution in [1.29, 1.82) is 0 Å². The number of rotatable bonds is 3. The molecular weight excluding hydrogens is 261 g/mol. The average molecular weight is 276 g/mol. The Morgan fingerprint density at radius 1 is 1.00 bits per heavy atom. The lowest BCUT2D eigenvalue weighted by Gasteiger charge is -2.39. The molecule has 1 aliphatic heterocycles. The number of halogens is 3. The zero-order valence-electron chi connectivity index (χ0n) is 8.98. The van der Waals surface area contributed by atoms with E-state index >= 15 is 0 Å². The minimum absolute atomic E-state index is 0.0358. The normalized spacial score (nSPS) is 34.0. The number of hydrogen-bond donors (Lipinski definition) is 0. The molecule has 1 unspecified atom stereocenters. The molecule has 1 atom stereocenters. The Morgan fingerprint density at radius 2 is 1.60 bits per heavy atom. The van der Waals surface area contributed by atoms with Gasteiger partial charge in [-0.25, -0.2) is 12.3 Å². The molecular formula is C6H15F3O3Si3. The van der Waals surface area contributed by atoms with Gasteiger partial charge in [0.25, 0.3) is 0 Å². The third-order valence-corrected chi connectivity index (χ3v) is 11.1. The van der Waals surface area contributed by atoms with E-state index in [1.165, 1.54) is 13.1 Å². The van der Waals surface area contributed by atoms with Crippen LogP contribution in [0, 0.1) is 0 Å². The SMILES string of the molecule is CCCC[Si]1(F)O[Si](C)(C)O[Si](F)(F)O1. The van der Waals surface area contributed by atoms with Crippen LogP contribution in [0.25, 0.3) is 0 Å². The zero-order chi connectivity index (χ0) is 11.7. The molecule has 1 saturated heterocycles. The third kappa shape index (κ3) is 4.00. The largest absolute Gasteiger partial charge is 0.744 e. The van der Waals surface area contributed by atoms with E-state index in [0.29, 0.717) is 6.42 Å². The van der Waals surface area contributed by atoms with Crippen LogP contribution in [0.1, 0.15) is 19.8 Å². The summed E-state index contributed by atoms with van der Waals surface area (Å²) in [7, 11) is -12.5. The summed E-state index contributed by atoms with van der Waals surface area (Å²) in [5.74, 6) is 0. The van der Waals surface area contributed by atoms with Crippen LogP contribution >= 0.6 is 0 Å². The van der Waals surface area contributed by atoms with Crippen molar-refractivity contribution in [2.24, 2.45) is 0 Å². The van der Waals surface area contributed by atoms with E-state index in [2.05, 4.69) is 8.23 Å². The van der Waals surface area contributed by atoms with Crippen LogP contribution < -0.4 is 0 Å². The Kier molecular flexibility index (Phi) is 3.83. The number of hydrogen-bond acceptors (Lipinski definition) is 3. The summed E-state index contributed by atoms with van der Waals surface area (Å²) in [6, 6.07) is -0.0358. The molecule has 0 amide bonds. The fourth-order valence-corrected chi connectivity index (χ4v) is 11.2. The predicted octanol–water partition coefficient (Wildman–Crippen LogP) is 2.83. The van der Waals surface area contributed by atoms with Gasteiger partial charge in [0.15, 0.2) is 0 Å². The van der Waals surface area contributed by atoms with Crippen LogP contribution in [-0.4, -0.2) is 26.7 Å². The van der Waals surface area contributed by atoms with E-state index in [4.69, 9.17) is 4.12 Å². The minimum Gasteiger partial charge on any atom is -0.391 e. The van der Waals surface area contributed by atoms with Gasteiger partial charge in [-0.2, -0.15) is 0 Å². The summed E-state index contributed by atoms with van der Waals surface area (Å²) in [6.45, 7) is 4.70. The molecule has 0 bridgehead atoms. The van der Waals surface area contributed by atoms with Crippen molar-refractivity contribution >= 4 is 26.7 Å². The second-order valence-corrected chi connectivity index (χ2v) is 11.9. The second kappa shape index (κ2) is 4.30. The second-order valence-electron chi connectivity index (χ2n) is 3.93. The monoisotopic (exact) mass is 276 g/mol. The molecule has 90 valence electrons. The molecule has 0 spiro atoms. The van der Waals surface area contributed by atoms with Gasteiger partial charge in [0.2, 0.25) is 0 Å². The van der Waals surface area contributed by atoms with E-state index in [1.807, 2.05) is 6.92 Å². The van der Waals surface area contributed by atoms with Gasteiger partial charge in [-0.15, -0.1) is 0 Å². The Morgan fingerprint density at radius 3 is 2.07 bits per heavy atom. The molecule has 1 aliphatic rings. The zero-order valence-corrected chi connectivity index (χ0v) is 12.0. The standard InChI is InChI=1S/C6H15F3O3Si3/c1-4-5-6-14(7)10-13(2,3)11-15(8,9)12-14/h4-6H2,1-3H3. The van der Waals surface area contributed by atoms with Crippen molar-refractivity contribution < 1.29 is 24.7 Å². The Labute approximate surface area is 90.8 Å². The van der Waals surface area contributed by atoms with Crippen molar-refractivity contribution in [2.45, 2.75) is 38.9 Å². The van der Waals surface area contributed by atoms with Crippen LogP contribution in [0.5, 0.6) is 0 Å². The molecule has 0 radical (unpaired) electrons. The van der Waals surface area contributed by atoms with Gasteiger partial charge in [0, 0.05) is 6.04 Å². The lowest BCUT2D eigenvalue weighted by Crippen LogP contribution is -2.64. The van der Waals surface area contributed by atoms with Crippen LogP contribution in [0.4, 0.5) is 12.3 Å². The summed E-state index contributed by atoms with van der Waals surface area (Å²) in [4.78, 5) is 0. The number of unbranched alkanes of at least 4 members (excludes halogenated alkanes) is 1. The topological polar surface area (TPSA) is 27.7 Å². The molecule has 9 heteroatoms. The maximum Gasteiger partial charge on any atom is 0.744 e. The van der Waals surface area contributed by atoms with E-state index in [-0.39, 0.29) is 6.04 Å². The summed E-state index contributed by atoms with van der Waals surface area (Å²) in [5.41, 5.74) is 0. The molecule has 15 heavy (non-hydrogen) atoms. The molecule has 1 heterocycles. The molecule has 0 saturated carbocycles. The Balaban J connectivity index is 2.73. The van der Waals surface area contributed by atoms with Crippen molar-refractivity contribution in [3.8, 4) is 0 Å². The van der Waals surface area contributed by atoms with Crippen molar-refractivity contribution in [3.05, 3.63) is 0 Å². The fourth-order valence-electron chi connectivity index (χ4n) is 1.38. The highest BCUT2D eigenvalue weighted by molar-refractivity contribution is 6.87. The predicted molar refractivity (Wildman–Crippen MR) is 55.3 cm³/mol. The van der Waals surface area contributed by atoms with Gasteiger partial charge in [0.1, 0.15) is 0 Å². The molecule has 0 aromatic carbocycles. The Bertz CT molecular complexity index is 223. The third-order valence-electron chi connectivity index (χ3n) is 1.86. The van der Waals surface area contributed by atoms with E-state index in [0.717, 1.165) is 6.42 Å². The smallest absolute Gasteiger partial charge is 0.391 e. The van der Waals surface area contributed by atoms with Crippen LogP contribution in [-0.2, 0) is 12.3 Å². The van der Waals surface area contributed by atoms with Gasteiger partial charge in [-0.05, 0) is 19.5 Å². The molecule has 0 aliphatic carbocycles. The van der Waals surface area contributed by atoms with Gasteiger partial charge >= 0.3 is 26.7 Å². The van der Waals surface area contributed by atoms with Crippen LogP contribution in [0.3, 0.4) is 0 Å². The summed E-state index contributed by atoms with van der Waals surface area (Å²) in [5, 5.41) is 0. The molecule has 0 aromatic heterocycles. The first-order valence-corrected chi connectivity index (χ1v) is 11.1. The first kappa shape index (κ1) is 13.4. The maximum atomic E-state index is 14.0. The van der Waals surface area contributed by atoms with Crippen LogP contribution in [0.2, 0.25) is 19.1 Å². The highest BCUT2D eigenvalue weighted by Crippen LogP contribution is 2.35. The van der Waals surface area contributed by atoms with E-state index in [1.54, 1.807) is 0 Å². The van der Waals surface area contributed by atoms with Crippen molar-refractivity contribution in [3.63, 3.8) is 0 Å². The lowest BCUT2D eigenvalue weighted by atomic mass is 10.4. The summed E-state index contributed by atoms with van der Waals surface area (Å²) in [6.07, 6.45) is 1.22. The van der Waals surface area contributed by atoms with Crippen LogP contribution in [0.15, 0.2) is 0 Å². The molecule has 3 nitrogen and oxygen atoms in total. The minimum atomic E-state index is -5.29. The van der Waals surface area contributed by atoms with Crippen molar-refractivity contribution in [2.75, 3.05) is 0 Å². The Hall–Kier alpha value is 0.321. The maximum absolute atomic E-state index is 14.0. The van der Waals surface area contributed by atoms with Gasteiger partial charge in [0.05, 0.1) is 0 Å². The molecule has 0 aromatic rings. The van der Waals surface area contributed by atoms with Gasteiger partial charge < -0.3 is 12.3 Å². The fraction of sp³-hybridized carbons (Fsp3) is 1.00. The van der Waals surface area contributed by atoms with E-state index < -0.39 is 26.7 Å². The summed E-state index contributed by atoms with van der Waals surface area (Å²) < 4.78 is 53.7. The highest BCUT2D eigenvalue weighted by Gasteiger charge is 2.65. The summed E-state index contributed by atoms with van der Waals surface area (Å²) >= 11 is 0.